The molecule has 2 aromatic rings. The van der Waals surface area contributed by atoms with Gasteiger partial charge in [0.2, 0.25) is 5.91 Å². The fourth-order valence-electron chi connectivity index (χ4n) is 2.81. The third kappa shape index (κ3) is 4.82. The zero-order chi connectivity index (χ0) is 21.9. The summed E-state index contributed by atoms with van der Waals surface area (Å²) in [6.45, 7) is 6.47. The first-order valence-corrected chi connectivity index (χ1v) is 8.84. The summed E-state index contributed by atoms with van der Waals surface area (Å²) in [7, 11) is 0. The number of hydrogen-bond donors (Lipinski definition) is 2. The van der Waals surface area contributed by atoms with Gasteiger partial charge >= 0.3 is 6.18 Å². The average molecular weight is 410 g/mol. The fourth-order valence-corrected chi connectivity index (χ4v) is 2.81. The maximum atomic E-state index is 13.0. The molecule has 0 unspecified atom stereocenters. The molecule has 1 atom stereocenters. The summed E-state index contributed by atoms with van der Waals surface area (Å²) in [5.41, 5.74) is -0.374. The molecule has 0 saturated carbocycles. The van der Waals surface area contributed by atoms with E-state index < -0.39 is 35.4 Å². The van der Waals surface area contributed by atoms with E-state index in [4.69, 9.17) is 0 Å². The van der Waals surface area contributed by atoms with Gasteiger partial charge in [0.1, 0.15) is 6.04 Å². The molecule has 0 aliphatic rings. The van der Waals surface area contributed by atoms with Crippen LogP contribution in [0.5, 0.6) is 0 Å². The number of benzene rings is 1. The minimum Gasteiger partial charge on any atom is -0.355 e. The predicted octanol–water partition coefficient (Wildman–Crippen LogP) is 2.33. The summed E-state index contributed by atoms with van der Waals surface area (Å²) >= 11 is 0. The molecule has 0 radical (unpaired) electrons. The standard InChI is InChI=1S/C19H21F3N4O3/c1-5-23-17(28)11(3)24-18(29)16(27)15-10(2)25-26(12(15)4)14-8-6-7-13(9-14)19(20,21)22/h6-9,11H,5H2,1-4H3,(H,23,28)(H,24,29)/t11-/m0/s1. The monoisotopic (exact) mass is 410 g/mol. The van der Waals surface area contributed by atoms with Crippen LogP contribution in [-0.4, -0.2) is 40.0 Å². The van der Waals surface area contributed by atoms with Crippen LogP contribution in [0.15, 0.2) is 24.3 Å². The number of hydrogen-bond acceptors (Lipinski definition) is 4. The second-order valence-electron chi connectivity index (χ2n) is 6.42. The molecule has 1 heterocycles. The van der Waals surface area contributed by atoms with Crippen molar-refractivity contribution in [2.24, 2.45) is 0 Å². The highest BCUT2D eigenvalue weighted by Gasteiger charge is 2.31. The van der Waals surface area contributed by atoms with Crippen molar-refractivity contribution in [3.05, 3.63) is 46.8 Å². The summed E-state index contributed by atoms with van der Waals surface area (Å²) in [5, 5.41) is 8.95. The number of nitrogens with one attached hydrogen (secondary N) is 2. The van der Waals surface area contributed by atoms with E-state index in [0.717, 1.165) is 12.1 Å². The predicted molar refractivity (Wildman–Crippen MR) is 98.7 cm³/mol. The minimum atomic E-state index is -4.53. The largest absolute Gasteiger partial charge is 0.416 e. The molecule has 1 aromatic heterocycles. The van der Waals surface area contributed by atoms with Gasteiger partial charge in [0, 0.05) is 6.54 Å². The van der Waals surface area contributed by atoms with Gasteiger partial charge in [-0.2, -0.15) is 18.3 Å². The van der Waals surface area contributed by atoms with Gasteiger partial charge in [-0.25, -0.2) is 4.68 Å². The summed E-state index contributed by atoms with van der Waals surface area (Å²) in [6, 6.07) is 3.56. The van der Waals surface area contributed by atoms with Crippen LogP contribution >= 0.6 is 0 Å². The fraction of sp³-hybridized carbons (Fsp3) is 0.368. The molecule has 7 nitrogen and oxygen atoms in total. The number of likely N-dealkylation sites (N-methyl/N-ethyl adjacent to an activating group) is 1. The van der Waals surface area contributed by atoms with E-state index in [1.54, 1.807) is 6.92 Å². The summed E-state index contributed by atoms with van der Waals surface area (Å²) in [5.74, 6) is -2.37. The Morgan fingerprint density at radius 1 is 1.21 bits per heavy atom. The van der Waals surface area contributed by atoms with Gasteiger partial charge < -0.3 is 10.6 Å². The Hall–Kier alpha value is -3.17. The summed E-state index contributed by atoms with van der Waals surface area (Å²) < 4.78 is 40.1. The topological polar surface area (TPSA) is 93.1 Å². The van der Waals surface area contributed by atoms with Crippen molar-refractivity contribution in [1.82, 2.24) is 20.4 Å². The number of amides is 2. The van der Waals surface area contributed by atoms with Crippen LogP contribution in [0.25, 0.3) is 5.69 Å². The zero-order valence-corrected chi connectivity index (χ0v) is 16.3. The molecule has 0 spiro atoms. The number of rotatable bonds is 6. The number of carbonyl (C=O) groups excluding carboxylic acids is 3. The van der Waals surface area contributed by atoms with Crippen molar-refractivity contribution < 1.29 is 27.6 Å². The van der Waals surface area contributed by atoms with Crippen molar-refractivity contribution in [2.45, 2.75) is 39.9 Å². The van der Waals surface area contributed by atoms with Gasteiger partial charge in [0.25, 0.3) is 11.7 Å². The number of nitrogens with zero attached hydrogens (tertiary/aromatic N) is 2. The SMILES string of the molecule is CCNC(=O)[C@H](C)NC(=O)C(=O)c1c(C)nn(-c2cccc(C(F)(F)F)c2)c1C. The third-order valence-electron chi connectivity index (χ3n) is 4.23. The zero-order valence-electron chi connectivity index (χ0n) is 16.3. The van der Waals surface area contributed by atoms with Crippen molar-refractivity contribution in [1.29, 1.82) is 0 Å². The lowest BCUT2D eigenvalue weighted by molar-refractivity contribution is -0.137. The maximum absolute atomic E-state index is 13.0. The molecule has 2 rings (SSSR count). The summed E-state index contributed by atoms with van der Waals surface area (Å²) in [4.78, 5) is 36.6. The Morgan fingerprint density at radius 2 is 1.86 bits per heavy atom. The lowest BCUT2D eigenvalue weighted by Gasteiger charge is -2.13. The average Bonchev–Trinajstić information content (AvgIpc) is 2.94. The van der Waals surface area contributed by atoms with Gasteiger partial charge in [-0.05, 0) is 45.9 Å². The van der Waals surface area contributed by atoms with E-state index in [-0.39, 0.29) is 22.6 Å². The first-order chi connectivity index (χ1) is 13.5. The highest BCUT2D eigenvalue weighted by atomic mass is 19.4. The molecule has 0 aliphatic heterocycles. The molecule has 29 heavy (non-hydrogen) atoms. The number of Topliss-reactive ketones (excluding diaryl/α,β-unsaturated/α-hetero) is 1. The van der Waals surface area contributed by atoms with Crippen LogP contribution < -0.4 is 10.6 Å². The van der Waals surface area contributed by atoms with Crippen molar-refractivity contribution in [3.63, 3.8) is 0 Å². The molecule has 156 valence electrons. The molecular formula is C19H21F3N4O3. The van der Waals surface area contributed by atoms with Gasteiger partial charge in [-0.3, -0.25) is 14.4 Å². The molecule has 0 bridgehead atoms. The number of ketones is 1. The Balaban J connectivity index is 2.33. The highest BCUT2D eigenvalue weighted by Crippen LogP contribution is 2.30. The van der Waals surface area contributed by atoms with Gasteiger partial charge in [-0.1, -0.05) is 6.07 Å². The molecule has 2 amide bonds. The molecule has 0 saturated heterocycles. The maximum Gasteiger partial charge on any atom is 0.416 e. The lowest BCUT2D eigenvalue weighted by Crippen LogP contribution is -2.47. The van der Waals surface area contributed by atoms with Crippen molar-refractivity contribution in [2.75, 3.05) is 6.54 Å². The Bertz CT molecular complexity index is 951. The van der Waals surface area contributed by atoms with E-state index in [9.17, 15) is 27.6 Å². The van der Waals surface area contributed by atoms with E-state index >= 15 is 0 Å². The van der Waals surface area contributed by atoms with Crippen LogP contribution in [0.1, 0.15) is 41.2 Å². The number of carbonyl (C=O) groups is 3. The molecule has 2 N–H and O–H groups in total. The van der Waals surface area contributed by atoms with Crippen LogP contribution in [0.4, 0.5) is 13.2 Å². The second kappa shape index (κ2) is 8.46. The minimum absolute atomic E-state index is 0.0250. The van der Waals surface area contributed by atoms with Crippen LogP contribution in [-0.2, 0) is 15.8 Å². The second-order valence-corrected chi connectivity index (χ2v) is 6.42. The van der Waals surface area contributed by atoms with Crippen LogP contribution in [0, 0.1) is 13.8 Å². The van der Waals surface area contributed by atoms with Crippen molar-refractivity contribution >= 4 is 17.6 Å². The number of alkyl halides is 3. The Morgan fingerprint density at radius 3 is 2.45 bits per heavy atom. The molecule has 0 fully saturated rings. The van der Waals surface area contributed by atoms with Crippen LogP contribution in [0.3, 0.4) is 0 Å². The van der Waals surface area contributed by atoms with Gasteiger partial charge in [-0.15, -0.1) is 0 Å². The molecule has 10 heteroatoms. The van der Waals surface area contributed by atoms with E-state index in [0.29, 0.717) is 6.54 Å². The van der Waals surface area contributed by atoms with E-state index in [2.05, 4.69) is 15.7 Å². The Labute approximate surface area is 165 Å². The molecule has 1 aromatic carbocycles. The molecular weight excluding hydrogens is 389 g/mol. The first-order valence-electron chi connectivity index (χ1n) is 8.84. The third-order valence-corrected chi connectivity index (χ3v) is 4.23. The van der Waals surface area contributed by atoms with Crippen molar-refractivity contribution in [3.8, 4) is 5.69 Å². The summed E-state index contributed by atoms with van der Waals surface area (Å²) in [6.07, 6.45) is -4.53. The van der Waals surface area contributed by atoms with Gasteiger partial charge in [0.05, 0.1) is 28.2 Å². The molecule has 0 aliphatic carbocycles. The Kier molecular flexibility index (Phi) is 6.45. The van der Waals surface area contributed by atoms with Gasteiger partial charge in [0.15, 0.2) is 0 Å². The van der Waals surface area contributed by atoms with E-state index in [1.807, 2.05) is 0 Å². The smallest absolute Gasteiger partial charge is 0.355 e. The number of aryl methyl sites for hydroxylation is 1. The normalized spacial score (nSPS) is 12.4. The van der Waals surface area contributed by atoms with E-state index in [1.165, 1.54) is 37.6 Å². The highest BCUT2D eigenvalue weighted by molar-refractivity contribution is 6.43. The first kappa shape index (κ1) is 22.1. The number of halogens is 3. The lowest BCUT2D eigenvalue weighted by atomic mass is 10.1. The quantitative estimate of drug-likeness (QED) is 0.565. The number of aromatic nitrogens is 2. The van der Waals surface area contributed by atoms with Crippen LogP contribution in [0.2, 0.25) is 0 Å².